The van der Waals surface area contributed by atoms with E-state index >= 15 is 0 Å². The minimum atomic E-state index is -4.67. The molecule has 140 valence electrons. The van der Waals surface area contributed by atoms with Gasteiger partial charge in [0.1, 0.15) is 0 Å². The predicted octanol–water partition coefficient (Wildman–Crippen LogP) is 3.45. The first-order chi connectivity index (χ1) is 12.1. The molecule has 0 spiro atoms. The van der Waals surface area contributed by atoms with E-state index in [0.717, 1.165) is 5.01 Å². The zero-order chi connectivity index (χ0) is 19.1. The van der Waals surface area contributed by atoms with Gasteiger partial charge in [-0.25, -0.2) is 15.2 Å². The molecule has 26 heavy (non-hydrogen) atoms. The van der Waals surface area contributed by atoms with Gasteiger partial charge in [0.2, 0.25) is 9.63 Å². The highest BCUT2D eigenvalue weighted by molar-refractivity contribution is 6.66. The lowest BCUT2D eigenvalue weighted by Gasteiger charge is -2.18. The van der Waals surface area contributed by atoms with Crippen LogP contribution in [0.25, 0.3) is 5.82 Å². The molecule has 0 fully saturated rings. The average molecular weight is 449 g/mol. The van der Waals surface area contributed by atoms with Crippen molar-refractivity contribution in [2.45, 2.75) is 16.5 Å². The molecule has 7 nitrogen and oxygen atoms in total. The van der Waals surface area contributed by atoms with Crippen LogP contribution in [0.3, 0.4) is 0 Å². The normalized spacial score (nSPS) is 15.2. The summed E-state index contributed by atoms with van der Waals surface area (Å²) in [5, 5.41) is 8.25. The molecule has 0 aromatic carbocycles. The Balaban J connectivity index is 1.98. The van der Waals surface area contributed by atoms with E-state index in [0.29, 0.717) is 0 Å². The molecule has 1 aliphatic rings. The fourth-order valence-electron chi connectivity index (χ4n) is 2.15. The minimum Gasteiger partial charge on any atom is -0.261 e. The number of nitrogens with one attached hydrogen (secondary N) is 2. The number of hydrogen-bond donors (Lipinski definition) is 2. The largest absolute Gasteiger partial charge is 0.452 e. The van der Waals surface area contributed by atoms with Crippen LogP contribution < -0.4 is 11.1 Å². The Morgan fingerprint density at radius 2 is 1.92 bits per heavy atom. The summed E-state index contributed by atoms with van der Waals surface area (Å²) >= 11 is 23.9. The average Bonchev–Trinajstić information content (AvgIpc) is 3.14. The Hall–Kier alpha value is -1.46. The van der Waals surface area contributed by atoms with Gasteiger partial charge in [-0.1, -0.05) is 46.4 Å². The molecular formula is C12H8Cl4F3N7. The van der Waals surface area contributed by atoms with Crippen LogP contribution in [0.2, 0.25) is 5.02 Å². The van der Waals surface area contributed by atoms with Gasteiger partial charge in [0, 0.05) is 6.20 Å². The smallest absolute Gasteiger partial charge is 0.261 e. The molecule has 1 aliphatic heterocycles. The fourth-order valence-corrected chi connectivity index (χ4v) is 2.75. The van der Waals surface area contributed by atoms with Gasteiger partial charge in [-0.2, -0.15) is 18.3 Å². The quantitative estimate of drug-likeness (QED) is 0.704. The highest BCUT2D eigenvalue weighted by atomic mass is 35.6. The molecule has 0 atom stereocenters. The van der Waals surface area contributed by atoms with Crippen molar-refractivity contribution in [3.05, 3.63) is 40.8 Å². The number of rotatable bonds is 3. The zero-order valence-electron chi connectivity index (χ0n) is 12.4. The van der Waals surface area contributed by atoms with Gasteiger partial charge in [-0.05, 0) is 18.2 Å². The maximum Gasteiger partial charge on any atom is 0.452 e. The van der Waals surface area contributed by atoms with Gasteiger partial charge < -0.3 is 0 Å². The molecule has 2 N–H and O–H groups in total. The number of nitrogens with zero attached hydrogens (tertiary/aromatic N) is 5. The summed E-state index contributed by atoms with van der Waals surface area (Å²) < 4.78 is 38.1. The summed E-state index contributed by atoms with van der Waals surface area (Å²) in [4.78, 5) is 4.07. The molecule has 0 radical (unpaired) electrons. The summed E-state index contributed by atoms with van der Waals surface area (Å²) in [5.74, 6) is -1.00. The summed E-state index contributed by atoms with van der Waals surface area (Å²) in [6.07, 6.45) is -3.22. The summed E-state index contributed by atoms with van der Waals surface area (Å²) in [7, 11) is 0. The number of hydrazine groups is 2. The lowest BCUT2D eigenvalue weighted by Crippen LogP contribution is -2.45. The first kappa shape index (κ1) is 19.3. The summed E-state index contributed by atoms with van der Waals surface area (Å²) in [6, 6.07) is 4.48. The third kappa shape index (κ3) is 3.94. The fraction of sp³-hybridized carbons (Fsp3) is 0.250. The van der Waals surface area contributed by atoms with Crippen molar-refractivity contribution in [2.24, 2.45) is 5.10 Å². The lowest BCUT2D eigenvalue weighted by molar-refractivity contribution is -0.0696. The van der Waals surface area contributed by atoms with Crippen molar-refractivity contribution in [1.82, 2.24) is 30.8 Å². The van der Waals surface area contributed by atoms with Gasteiger partial charge >= 0.3 is 6.18 Å². The Morgan fingerprint density at radius 3 is 2.54 bits per heavy atom. The van der Waals surface area contributed by atoms with Gasteiger partial charge in [0.25, 0.3) is 0 Å². The molecule has 0 amide bonds. The molecule has 0 bridgehead atoms. The van der Waals surface area contributed by atoms with Crippen LogP contribution in [0.15, 0.2) is 29.5 Å². The van der Waals surface area contributed by atoms with Crippen LogP contribution in [-0.2, 0) is 10.3 Å². The first-order valence-electron chi connectivity index (χ1n) is 6.77. The Kier molecular flexibility index (Phi) is 5.15. The second-order valence-corrected chi connectivity index (χ2v) is 7.67. The van der Waals surface area contributed by atoms with E-state index in [1.807, 2.05) is 5.53 Å². The second-order valence-electron chi connectivity index (χ2n) is 4.98. The maximum absolute atomic E-state index is 12.9. The van der Waals surface area contributed by atoms with E-state index in [-0.39, 0.29) is 28.8 Å². The Labute approximate surface area is 164 Å². The minimum absolute atomic E-state index is 0.0655. The van der Waals surface area contributed by atoms with Crippen molar-refractivity contribution in [1.29, 1.82) is 0 Å². The van der Waals surface area contributed by atoms with E-state index in [1.54, 1.807) is 12.1 Å². The standard InChI is InChI=1S/C12H8Cl4F3N7/c13-7-2-1-3-20-9(7)26-8(11(14,15)16)4-6(22-26)5-25-10(12(17,18)19)21-23-24-25/h1-4,23-24H,5H2. The van der Waals surface area contributed by atoms with E-state index in [2.05, 4.69) is 20.7 Å². The van der Waals surface area contributed by atoms with Crippen molar-refractivity contribution >= 4 is 52.2 Å². The molecule has 2 aromatic heterocycles. The van der Waals surface area contributed by atoms with Crippen LogP contribution in [-0.4, -0.2) is 31.8 Å². The molecule has 0 unspecified atom stereocenters. The number of aromatic nitrogens is 3. The third-order valence-electron chi connectivity index (χ3n) is 3.17. The highest BCUT2D eigenvalue weighted by Crippen LogP contribution is 2.40. The number of pyridine rings is 1. The number of hydrogen-bond acceptors (Lipinski definition) is 6. The molecule has 0 aliphatic carbocycles. The SMILES string of the molecule is FC(F)(F)C1=NNNN1Cc1cc(C(Cl)(Cl)Cl)n(-c2ncccc2Cl)n1. The van der Waals surface area contributed by atoms with Gasteiger partial charge in [0.15, 0.2) is 5.82 Å². The van der Waals surface area contributed by atoms with E-state index < -0.39 is 15.8 Å². The number of halogens is 7. The first-order valence-corrected chi connectivity index (χ1v) is 8.28. The van der Waals surface area contributed by atoms with Crippen molar-refractivity contribution in [3.63, 3.8) is 0 Å². The van der Waals surface area contributed by atoms with Crippen LogP contribution in [0.4, 0.5) is 13.2 Å². The van der Waals surface area contributed by atoms with Crippen LogP contribution in [0.1, 0.15) is 11.4 Å². The van der Waals surface area contributed by atoms with Crippen LogP contribution >= 0.6 is 46.4 Å². The zero-order valence-corrected chi connectivity index (χ0v) is 15.4. The Morgan fingerprint density at radius 1 is 1.19 bits per heavy atom. The maximum atomic E-state index is 12.9. The highest BCUT2D eigenvalue weighted by Gasteiger charge is 2.43. The summed E-state index contributed by atoms with van der Waals surface area (Å²) in [5.41, 5.74) is 4.51. The molecule has 0 saturated carbocycles. The van der Waals surface area contributed by atoms with Crippen molar-refractivity contribution in [3.8, 4) is 5.82 Å². The molecule has 14 heteroatoms. The molecule has 3 rings (SSSR count). The molecule has 2 aromatic rings. The third-order valence-corrected chi connectivity index (χ3v) is 4.04. The number of hydrazone groups is 1. The van der Waals surface area contributed by atoms with Crippen molar-refractivity contribution < 1.29 is 13.2 Å². The predicted molar refractivity (Wildman–Crippen MR) is 90.9 cm³/mol. The summed E-state index contributed by atoms with van der Waals surface area (Å²) in [6.45, 7) is -0.323. The van der Waals surface area contributed by atoms with E-state index in [9.17, 15) is 13.2 Å². The van der Waals surface area contributed by atoms with Gasteiger partial charge in [-0.15, -0.1) is 10.6 Å². The molecule has 3 heterocycles. The van der Waals surface area contributed by atoms with Crippen LogP contribution in [0, 0.1) is 0 Å². The van der Waals surface area contributed by atoms with Gasteiger partial charge in [0.05, 0.1) is 23.0 Å². The lowest BCUT2D eigenvalue weighted by atomic mass is 10.3. The van der Waals surface area contributed by atoms with Gasteiger partial charge in [-0.3, -0.25) is 5.01 Å². The number of alkyl halides is 6. The molecule has 0 saturated heterocycles. The van der Waals surface area contributed by atoms with E-state index in [4.69, 9.17) is 46.4 Å². The monoisotopic (exact) mass is 447 g/mol. The Bertz CT molecular complexity index is 846. The number of amidine groups is 1. The topological polar surface area (TPSA) is 70.4 Å². The van der Waals surface area contributed by atoms with E-state index in [1.165, 1.54) is 16.9 Å². The second kappa shape index (κ2) is 6.93. The molecular weight excluding hydrogens is 441 g/mol. The van der Waals surface area contributed by atoms with Crippen LogP contribution in [0.5, 0.6) is 0 Å². The van der Waals surface area contributed by atoms with Crippen molar-refractivity contribution in [2.75, 3.05) is 0 Å².